The van der Waals surface area contributed by atoms with Crippen molar-refractivity contribution < 1.29 is 9.59 Å². The Morgan fingerprint density at radius 3 is 2.48 bits per heavy atom. The van der Waals surface area contributed by atoms with Gasteiger partial charge < -0.3 is 10.6 Å². The summed E-state index contributed by atoms with van der Waals surface area (Å²) < 4.78 is 0. The van der Waals surface area contributed by atoms with Gasteiger partial charge in [-0.2, -0.15) is 0 Å². The minimum absolute atomic E-state index is 0.0617. The first-order valence-corrected chi connectivity index (χ1v) is 11.4. The lowest BCUT2D eigenvalue weighted by Gasteiger charge is -2.21. The number of hydrogen-bond acceptors (Lipinski definition) is 5. The van der Waals surface area contributed by atoms with Crippen molar-refractivity contribution in [2.75, 3.05) is 11.9 Å². The molecule has 152 valence electrons. The third-order valence-corrected chi connectivity index (χ3v) is 6.29. The molecule has 2 N–H and O–H groups in total. The van der Waals surface area contributed by atoms with Crippen molar-refractivity contribution in [3.8, 4) is 0 Å². The van der Waals surface area contributed by atoms with Gasteiger partial charge in [0.2, 0.25) is 11.8 Å². The number of benzene rings is 1. The summed E-state index contributed by atoms with van der Waals surface area (Å²) in [7, 11) is 0. The molecule has 29 heavy (non-hydrogen) atoms. The van der Waals surface area contributed by atoms with Gasteiger partial charge >= 0.3 is 0 Å². The van der Waals surface area contributed by atoms with Crippen LogP contribution in [0.4, 0.5) is 5.13 Å². The van der Waals surface area contributed by atoms with E-state index in [0.29, 0.717) is 29.7 Å². The SMILES string of the molecule is CC(C)C(CNC(=O)Cc1csc(NC(=O)Cc2cccs2)n1)c1ccccc1. The Balaban J connectivity index is 1.48. The zero-order chi connectivity index (χ0) is 20.6. The quantitative estimate of drug-likeness (QED) is 0.529. The molecule has 3 rings (SSSR count). The third kappa shape index (κ3) is 6.51. The zero-order valence-electron chi connectivity index (χ0n) is 16.6. The lowest BCUT2D eigenvalue weighted by molar-refractivity contribution is -0.120. The Labute approximate surface area is 179 Å². The van der Waals surface area contributed by atoms with Crippen LogP contribution in [-0.2, 0) is 22.4 Å². The summed E-state index contributed by atoms with van der Waals surface area (Å²) >= 11 is 2.89. The Kier molecular flexibility index (Phi) is 7.55. The smallest absolute Gasteiger partial charge is 0.231 e. The molecule has 0 radical (unpaired) electrons. The van der Waals surface area contributed by atoms with Crippen LogP contribution in [0.5, 0.6) is 0 Å². The number of carbonyl (C=O) groups is 2. The summed E-state index contributed by atoms with van der Waals surface area (Å²) in [6.07, 6.45) is 0.542. The molecule has 7 heteroatoms. The van der Waals surface area contributed by atoms with Gasteiger partial charge in [-0.05, 0) is 22.9 Å². The maximum atomic E-state index is 12.4. The van der Waals surface area contributed by atoms with Gasteiger partial charge in [-0.1, -0.05) is 50.2 Å². The Morgan fingerprint density at radius 2 is 1.79 bits per heavy atom. The zero-order valence-corrected chi connectivity index (χ0v) is 18.2. The highest BCUT2D eigenvalue weighted by molar-refractivity contribution is 7.14. The number of thiophene rings is 1. The molecule has 1 aromatic carbocycles. The van der Waals surface area contributed by atoms with E-state index >= 15 is 0 Å². The maximum absolute atomic E-state index is 12.4. The van der Waals surface area contributed by atoms with Crippen LogP contribution < -0.4 is 10.6 Å². The molecule has 0 saturated heterocycles. The molecular formula is C22H25N3O2S2. The summed E-state index contributed by atoms with van der Waals surface area (Å²) in [4.78, 5) is 29.8. The monoisotopic (exact) mass is 427 g/mol. The predicted molar refractivity (Wildman–Crippen MR) is 120 cm³/mol. The lowest BCUT2D eigenvalue weighted by atomic mass is 9.88. The normalized spacial score (nSPS) is 12.0. The topological polar surface area (TPSA) is 71.1 Å². The number of aromatic nitrogens is 1. The first-order chi connectivity index (χ1) is 14.0. The molecule has 2 aromatic heterocycles. The van der Waals surface area contributed by atoms with Gasteiger partial charge in [-0.15, -0.1) is 22.7 Å². The molecule has 0 saturated carbocycles. The van der Waals surface area contributed by atoms with Crippen molar-refractivity contribution in [1.82, 2.24) is 10.3 Å². The summed E-state index contributed by atoms with van der Waals surface area (Å²) in [5.41, 5.74) is 1.90. The molecule has 1 atom stereocenters. The van der Waals surface area contributed by atoms with Crippen LogP contribution in [0.25, 0.3) is 0 Å². The van der Waals surface area contributed by atoms with E-state index in [2.05, 4.69) is 41.6 Å². The molecule has 5 nitrogen and oxygen atoms in total. The number of nitrogens with zero attached hydrogens (tertiary/aromatic N) is 1. The number of thiazole rings is 1. The number of rotatable bonds is 9. The second-order valence-corrected chi connectivity index (χ2v) is 9.08. The van der Waals surface area contributed by atoms with Gasteiger partial charge in [0.25, 0.3) is 0 Å². The van der Waals surface area contributed by atoms with Crippen LogP contribution in [0.1, 0.15) is 35.9 Å². The highest BCUT2D eigenvalue weighted by Crippen LogP contribution is 2.23. The third-order valence-electron chi connectivity index (χ3n) is 4.61. The van der Waals surface area contributed by atoms with Gasteiger partial charge in [0, 0.05) is 22.7 Å². The van der Waals surface area contributed by atoms with Crippen molar-refractivity contribution in [3.63, 3.8) is 0 Å². The van der Waals surface area contributed by atoms with Crippen LogP contribution in [0.15, 0.2) is 53.2 Å². The molecule has 0 bridgehead atoms. The van der Waals surface area contributed by atoms with Crippen molar-refractivity contribution in [2.45, 2.75) is 32.6 Å². The molecular weight excluding hydrogens is 402 g/mol. The van der Waals surface area contributed by atoms with Gasteiger partial charge in [-0.3, -0.25) is 9.59 Å². The molecule has 0 aliphatic heterocycles. The standard InChI is InChI=1S/C22H25N3O2S2/c1-15(2)19(16-7-4-3-5-8-16)13-23-20(26)11-17-14-29-22(24-17)25-21(27)12-18-9-6-10-28-18/h3-10,14-15,19H,11-13H2,1-2H3,(H,23,26)(H,24,25,27). The minimum atomic E-state index is -0.0968. The van der Waals surface area contributed by atoms with Crippen molar-refractivity contribution in [3.05, 3.63) is 69.4 Å². The second kappa shape index (κ2) is 10.3. The number of anilines is 1. The summed E-state index contributed by atoms with van der Waals surface area (Å²) in [5, 5.41) is 10.1. The van der Waals surface area contributed by atoms with Crippen LogP contribution in [0.2, 0.25) is 0 Å². The van der Waals surface area contributed by atoms with E-state index in [9.17, 15) is 9.59 Å². The van der Waals surface area contributed by atoms with E-state index in [-0.39, 0.29) is 24.2 Å². The molecule has 0 aliphatic rings. The van der Waals surface area contributed by atoms with E-state index in [1.54, 1.807) is 11.3 Å². The molecule has 1 unspecified atom stereocenters. The largest absolute Gasteiger partial charge is 0.355 e. The fourth-order valence-corrected chi connectivity index (χ4v) is 4.50. The van der Waals surface area contributed by atoms with E-state index in [1.807, 2.05) is 41.1 Å². The highest BCUT2D eigenvalue weighted by atomic mass is 32.1. The van der Waals surface area contributed by atoms with Gasteiger partial charge in [0.1, 0.15) is 0 Å². The average Bonchev–Trinajstić information content (AvgIpc) is 3.34. The average molecular weight is 428 g/mol. The summed E-state index contributed by atoms with van der Waals surface area (Å²) in [5.74, 6) is 0.526. The first-order valence-electron chi connectivity index (χ1n) is 9.59. The molecule has 0 aliphatic carbocycles. The first kappa shape index (κ1) is 21.2. The lowest BCUT2D eigenvalue weighted by Crippen LogP contribution is -2.31. The fourth-order valence-electron chi connectivity index (χ4n) is 3.07. The number of amides is 2. The van der Waals surface area contributed by atoms with Crippen molar-refractivity contribution >= 4 is 39.6 Å². The highest BCUT2D eigenvalue weighted by Gasteiger charge is 2.17. The maximum Gasteiger partial charge on any atom is 0.231 e. The Bertz CT molecular complexity index is 921. The molecule has 0 fully saturated rings. The Morgan fingerprint density at radius 1 is 1.00 bits per heavy atom. The van der Waals surface area contributed by atoms with Gasteiger partial charge in [0.05, 0.1) is 18.5 Å². The Hall–Kier alpha value is -2.51. The fraction of sp³-hybridized carbons (Fsp3) is 0.318. The summed E-state index contributed by atoms with van der Waals surface area (Å²) in [6, 6.07) is 14.1. The van der Waals surface area contributed by atoms with Gasteiger partial charge in [-0.25, -0.2) is 4.98 Å². The van der Waals surface area contributed by atoms with Crippen molar-refractivity contribution in [2.24, 2.45) is 5.92 Å². The number of carbonyl (C=O) groups excluding carboxylic acids is 2. The van der Waals surface area contributed by atoms with E-state index in [4.69, 9.17) is 0 Å². The minimum Gasteiger partial charge on any atom is -0.355 e. The van der Waals surface area contributed by atoms with Crippen molar-refractivity contribution in [1.29, 1.82) is 0 Å². The molecule has 3 aromatic rings. The van der Waals surface area contributed by atoms with Crippen LogP contribution in [-0.4, -0.2) is 23.3 Å². The van der Waals surface area contributed by atoms with Crippen LogP contribution >= 0.6 is 22.7 Å². The second-order valence-electron chi connectivity index (χ2n) is 7.19. The van der Waals surface area contributed by atoms with E-state index in [1.165, 1.54) is 16.9 Å². The summed E-state index contributed by atoms with van der Waals surface area (Å²) in [6.45, 7) is 4.92. The van der Waals surface area contributed by atoms with Crippen LogP contribution in [0, 0.1) is 5.92 Å². The van der Waals surface area contributed by atoms with Crippen LogP contribution in [0.3, 0.4) is 0 Å². The number of nitrogens with one attached hydrogen (secondary N) is 2. The van der Waals surface area contributed by atoms with Gasteiger partial charge in [0.15, 0.2) is 5.13 Å². The number of hydrogen-bond donors (Lipinski definition) is 2. The molecule has 2 heterocycles. The van der Waals surface area contributed by atoms with E-state index in [0.717, 1.165) is 4.88 Å². The predicted octanol–water partition coefficient (Wildman–Crippen LogP) is 4.48. The molecule has 2 amide bonds. The van der Waals surface area contributed by atoms with E-state index < -0.39 is 0 Å². The molecule has 0 spiro atoms.